The number of nitrogens with zero attached hydrogens (tertiary/aromatic N) is 6. The molecule has 11 heteroatoms. The molecule has 0 aliphatic carbocycles. The Bertz CT molecular complexity index is 1610. The first-order valence-electron chi connectivity index (χ1n) is 15.9. The van der Waals surface area contributed by atoms with Crippen LogP contribution in [-0.4, -0.2) is 83.5 Å². The molecule has 1 aromatic heterocycles. The molecule has 0 bridgehead atoms. The number of carbonyl (C=O) groups is 2. The quantitative estimate of drug-likeness (QED) is 0.266. The molecule has 5 rings (SSSR count). The highest BCUT2D eigenvalue weighted by atomic mass is 16.5. The number of benzene rings is 2. The predicted octanol–water partition coefficient (Wildman–Crippen LogP) is 4.35. The van der Waals surface area contributed by atoms with Crippen molar-refractivity contribution in [2.75, 3.05) is 50.5 Å². The first kappa shape index (κ1) is 34.2. The average Bonchev–Trinajstić information content (AvgIpc) is 3.44. The van der Waals surface area contributed by atoms with Crippen molar-refractivity contribution < 1.29 is 14.3 Å². The van der Waals surface area contributed by atoms with E-state index in [0.717, 1.165) is 43.7 Å². The van der Waals surface area contributed by atoms with E-state index in [1.807, 2.05) is 6.92 Å². The zero-order chi connectivity index (χ0) is 33.4. The smallest absolute Gasteiger partial charge is 0.318 e. The van der Waals surface area contributed by atoms with E-state index in [0.29, 0.717) is 31.0 Å². The summed E-state index contributed by atoms with van der Waals surface area (Å²) in [5.41, 5.74) is 10.9. The normalized spacial score (nSPS) is 16.4. The molecule has 3 aromatic rings. The van der Waals surface area contributed by atoms with Gasteiger partial charge in [0.2, 0.25) is 12.5 Å². The van der Waals surface area contributed by atoms with Crippen LogP contribution in [0.2, 0.25) is 0 Å². The van der Waals surface area contributed by atoms with Crippen molar-refractivity contribution in [1.29, 1.82) is 0 Å². The summed E-state index contributed by atoms with van der Waals surface area (Å²) >= 11 is 0. The predicted molar refractivity (Wildman–Crippen MR) is 182 cm³/mol. The molecule has 2 aliphatic heterocycles. The van der Waals surface area contributed by atoms with E-state index in [1.54, 1.807) is 6.92 Å². The summed E-state index contributed by atoms with van der Waals surface area (Å²) in [5, 5.41) is 4.93. The summed E-state index contributed by atoms with van der Waals surface area (Å²) in [7, 11) is 2.15. The van der Waals surface area contributed by atoms with E-state index in [2.05, 4.69) is 81.9 Å². The van der Waals surface area contributed by atoms with E-state index >= 15 is 0 Å². The van der Waals surface area contributed by atoms with Crippen LogP contribution in [0.3, 0.4) is 0 Å². The van der Waals surface area contributed by atoms with Crippen LogP contribution < -0.4 is 20.7 Å². The molecule has 0 spiro atoms. The number of hydrogen-bond donors (Lipinski definition) is 2. The Labute approximate surface area is 272 Å². The Morgan fingerprint density at radius 2 is 1.98 bits per heavy atom. The van der Waals surface area contributed by atoms with Crippen molar-refractivity contribution in [3.63, 3.8) is 0 Å². The van der Waals surface area contributed by atoms with Crippen molar-refractivity contribution in [2.45, 2.75) is 65.6 Å². The standard InChI is InChI=1S/C24H29N5O.C11H17N3O2/c1-16-6-3-7-17-8-4-10-21(22(16)17)29-13-11-19-20(14-29)26-24(27-23(19)25)30-15-18-9-5-12-28(18)2;1-6-14(8(2)7-12-5)11(16)9(3)13-10(4)15/h3-4,6-8,10,18H,5,9,11-15H2,1-2H3,(H2,25,26,27);8H,3,6-7H2,1-2,4H3,(H,13,15)/t18-;8-/m01/s1. The number of amides is 2. The number of hydrogen-bond acceptors (Lipinski definition) is 8. The number of rotatable bonds is 9. The van der Waals surface area contributed by atoms with Crippen molar-refractivity contribution in [2.24, 2.45) is 0 Å². The first-order valence-corrected chi connectivity index (χ1v) is 15.9. The van der Waals surface area contributed by atoms with Gasteiger partial charge in [-0.05, 0) is 70.6 Å². The average molecular weight is 627 g/mol. The van der Waals surface area contributed by atoms with Crippen LogP contribution in [0.15, 0.2) is 48.7 Å². The lowest BCUT2D eigenvalue weighted by atomic mass is 10.00. The molecule has 2 atom stereocenters. The van der Waals surface area contributed by atoms with Gasteiger partial charge in [0.1, 0.15) is 18.5 Å². The molecule has 1 saturated heterocycles. The van der Waals surface area contributed by atoms with E-state index in [4.69, 9.17) is 22.0 Å². The molecule has 0 unspecified atom stereocenters. The molecule has 0 radical (unpaired) electrons. The number of aromatic nitrogens is 2. The minimum absolute atomic E-state index is 0.0474. The number of ether oxygens (including phenoxy) is 1. The van der Waals surface area contributed by atoms with Gasteiger partial charge in [0, 0.05) is 42.7 Å². The number of fused-ring (bicyclic) bond motifs is 2. The van der Waals surface area contributed by atoms with Gasteiger partial charge in [0.15, 0.2) is 0 Å². The maximum Gasteiger partial charge on any atom is 0.318 e. The van der Waals surface area contributed by atoms with Crippen molar-refractivity contribution in [3.8, 4) is 6.01 Å². The number of anilines is 2. The number of nitrogen functional groups attached to an aromatic ring is 1. The van der Waals surface area contributed by atoms with Gasteiger partial charge < -0.3 is 35.3 Å². The Hall–Kier alpha value is -4.69. The Kier molecular flexibility index (Phi) is 11.6. The van der Waals surface area contributed by atoms with Crippen LogP contribution in [0.5, 0.6) is 6.01 Å². The third kappa shape index (κ3) is 8.12. The van der Waals surface area contributed by atoms with Crippen molar-refractivity contribution in [3.05, 3.63) is 76.9 Å². The zero-order valence-electron chi connectivity index (χ0n) is 27.7. The third-order valence-corrected chi connectivity index (χ3v) is 8.66. The Morgan fingerprint density at radius 3 is 2.63 bits per heavy atom. The van der Waals surface area contributed by atoms with E-state index in [9.17, 15) is 9.59 Å². The maximum atomic E-state index is 11.8. The second-order valence-electron chi connectivity index (χ2n) is 12.0. The first-order chi connectivity index (χ1) is 22.0. The summed E-state index contributed by atoms with van der Waals surface area (Å²) in [5.74, 6) is -0.107. The summed E-state index contributed by atoms with van der Waals surface area (Å²) in [6, 6.07) is 13.6. The molecular formula is C35H46N8O3. The lowest BCUT2D eigenvalue weighted by Crippen LogP contribution is -2.43. The highest BCUT2D eigenvalue weighted by molar-refractivity contribution is 5.97. The van der Waals surface area contributed by atoms with Crippen molar-refractivity contribution >= 4 is 34.1 Å². The molecule has 1 fully saturated rings. The van der Waals surface area contributed by atoms with E-state index in [-0.39, 0.29) is 30.1 Å². The monoisotopic (exact) mass is 626 g/mol. The molecule has 2 aliphatic rings. The molecule has 2 aromatic carbocycles. The van der Waals surface area contributed by atoms with E-state index < -0.39 is 0 Å². The van der Waals surface area contributed by atoms with Crippen LogP contribution in [0.4, 0.5) is 11.5 Å². The SMILES string of the molecule is Cc1cccc2cccc(N3CCc4c(N)nc(OC[C@@H]5CCCN5C)nc4C3)c12.[C-]#[N+]C[C@@H](C)N(CC)C(=O)C(=C)NC(C)=O. The van der Waals surface area contributed by atoms with Gasteiger partial charge in [-0.2, -0.15) is 9.97 Å². The summed E-state index contributed by atoms with van der Waals surface area (Å²) in [6.45, 7) is 21.4. The third-order valence-electron chi connectivity index (χ3n) is 8.66. The summed E-state index contributed by atoms with van der Waals surface area (Å²) < 4.78 is 5.98. The Balaban J connectivity index is 0.000000257. The van der Waals surface area contributed by atoms with Crippen LogP contribution in [0.1, 0.15) is 50.4 Å². The van der Waals surface area contributed by atoms with Gasteiger partial charge in [0.05, 0.1) is 17.9 Å². The molecule has 11 nitrogen and oxygen atoms in total. The topological polar surface area (TPSA) is 121 Å². The van der Waals surface area contributed by atoms with Crippen LogP contribution in [0.25, 0.3) is 15.6 Å². The summed E-state index contributed by atoms with van der Waals surface area (Å²) in [6.07, 6.45) is 3.22. The number of nitrogens with two attached hydrogens (primary N) is 1. The number of aryl methyl sites for hydroxylation is 1. The van der Waals surface area contributed by atoms with Gasteiger partial charge in [-0.25, -0.2) is 6.57 Å². The molecule has 3 heterocycles. The lowest BCUT2D eigenvalue weighted by molar-refractivity contribution is -0.130. The van der Waals surface area contributed by atoms with Gasteiger partial charge in [-0.15, -0.1) is 0 Å². The highest BCUT2D eigenvalue weighted by Gasteiger charge is 2.26. The van der Waals surface area contributed by atoms with Crippen LogP contribution in [-0.2, 0) is 22.6 Å². The second kappa shape index (κ2) is 15.5. The number of likely N-dealkylation sites (tertiary alicyclic amines) is 1. The summed E-state index contributed by atoms with van der Waals surface area (Å²) in [4.78, 5) is 41.3. The van der Waals surface area contributed by atoms with E-state index in [1.165, 1.54) is 40.3 Å². The largest absolute Gasteiger partial charge is 0.462 e. The molecular weight excluding hydrogens is 580 g/mol. The molecule has 244 valence electrons. The lowest BCUT2D eigenvalue weighted by Gasteiger charge is -2.31. The van der Waals surface area contributed by atoms with Crippen molar-refractivity contribution in [1.82, 2.24) is 25.1 Å². The fraction of sp³-hybridized carbons (Fsp3) is 0.457. The molecule has 46 heavy (non-hydrogen) atoms. The molecule has 0 saturated carbocycles. The van der Waals surface area contributed by atoms with Crippen LogP contribution >= 0.6 is 0 Å². The van der Waals surface area contributed by atoms with Gasteiger partial charge in [-0.1, -0.05) is 36.9 Å². The zero-order valence-corrected chi connectivity index (χ0v) is 27.7. The Morgan fingerprint density at radius 1 is 1.24 bits per heavy atom. The number of nitrogens with one attached hydrogen (secondary N) is 1. The number of carbonyl (C=O) groups excluding carboxylic acids is 2. The van der Waals surface area contributed by atoms with Gasteiger partial charge in [0.25, 0.3) is 5.91 Å². The van der Waals surface area contributed by atoms with Crippen LogP contribution in [0, 0.1) is 13.5 Å². The number of likely N-dealkylation sites (N-methyl/N-ethyl adjacent to an activating group) is 2. The molecule has 3 N–H and O–H groups in total. The molecule has 2 amide bonds. The minimum Gasteiger partial charge on any atom is -0.462 e. The van der Waals surface area contributed by atoms with Gasteiger partial charge >= 0.3 is 6.01 Å². The maximum absolute atomic E-state index is 11.8. The fourth-order valence-corrected chi connectivity index (χ4v) is 6.16. The van der Waals surface area contributed by atoms with Gasteiger partial charge in [-0.3, -0.25) is 9.59 Å². The minimum atomic E-state index is -0.339. The highest BCUT2D eigenvalue weighted by Crippen LogP contribution is 2.34. The fourth-order valence-electron chi connectivity index (χ4n) is 6.16. The second-order valence-corrected chi connectivity index (χ2v) is 12.0.